The maximum Gasteiger partial charge on any atom is 1.00 e. The monoisotopic (exact) mass is 159 g/mol. The fraction of sp³-hybridized carbons (Fsp3) is 0.375. The summed E-state index contributed by atoms with van der Waals surface area (Å²) in [4.78, 5) is 3.89. The number of aryl methyl sites for hydroxylation is 2. The number of hydrogen-bond donors (Lipinski definition) is 0. The summed E-state index contributed by atoms with van der Waals surface area (Å²) in [6.45, 7) is 3.89. The van der Waals surface area contributed by atoms with Gasteiger partial charge in [0.15, 0.2) is 0 Å². The third-order valence-corrected chi connectivity index (χ3v) is 1.39. The summed E-state index contributed by atoms with van der Waals surface area (Å²) in [7, 11) is 1.66. The van der Waals surface area contributed by atoms with Crippen LogP contribution < -0.4 is 34.3 Å². The average molecular weight is 159 g/mol. The van der Waals surface area contributed by atoms with Gasteiger partial charge in [-0.25, -0.2) is 0 Å². The van der Waals surface area contributed by atoms with E-state index in [4.69, 9.17) is 4.74 Å². The largest absolute Gasteiger partial charge is 1.00 e. The number of nitrogens with zero attached hydrogens (tertiary/aromatic N) is 1. The van der Waals surface area contributed by atoms with Crippen molar-refractivity contribution in [2.45, 2.75) is 13.8 Å². The molecule has 0 bridgehead atoms. The van der Waals surface area contributed by atoms with Crippen molar-refractivity contribution in [3.63, 3.8) is 0 Å². The summed E-state index contributed by atoms with van der Waals surface area (Å²) in [6, 6.07) is 0. The SMILES string of the molecule is COc1c(C)[c-]ncc1C.[Na+]. The summed E-state index contributed by atoms with van der Waals surface area (Å²) in [6.07, 6.45) is 4.56. The number of hydrogen-bond acceptors (Lipinski definition) is 2. The van der Waals surface area contributed by atoms with Crippen LogP contribution in [0.15, 0.2) is 6.20 Å². The predicted molar refractivity (Wildman–Crippen MR) is 39.1 cm³/mol. The van der Waals surface area contributed by atoms with Crippen LogP contribution in [0.25, 0.3) is 0 Å². The number of aromatic nitrogens is 1. The second kappa shape index (κ2) is 4.75. The Bertz CT molecular complexity index is 217. The van der Waals surface area contributed by atoms with Gasteiger partial charge in [0.2, 0.25) is 0 Å². The number of pyridine rings is 1. The molecule has 0 fully saturated rings. The van der Waals surface area contributed by atoms with Gasteiger partial charge in [-0.05, 0) is 0 Å². The topological polar surface area (TPSA) is 22.1 Å². The van der Waals surface area contributed by atoms with E-state index in [1.54, 1.807) is 13.3 Å². The molecule has 54 valence electrons. The fourth-order valence-electron chi connectivity index (χ4n) is 0.945. The summed E-state index contributed by atoms with van der Waals surface area (Å²) in [5.41, 5.74) is 2.02. The molecule has 0 unspecified atom stereocenters. The molecule has 1 rings (SSSR count). The van der Waals surface area contributed by atoms with Crippen LogP contribution in [0.5, 0.6) is 5.75 Å². The molecule has 0 atom stereocenters. The smallest absolute Gasteiger partial charge is 0.554 e. The zero-order valence-corrected chi connectivity index (χ0v) is 9.43. The van der Waals surface area contributed by atoms with E-state index < -0.39 is 0 Å². The number of methoxy groups -OCH3 is 1. The van der Waals surface area contributed by atoms with Gasteiger partial charge in [-0.2, -0.15) is 0 Å². The molecule has 0 aliphatic heterocycles. The third kappa shape index (κ3) is 2.47. The van der Waals surface area contributed by atoms with Crippen molar-refractivity contribution in [2.24, 2.45) is 0 Å². The van der Waals surface area contributed by atoms with E-state index in [1.807, 2.05) is 13.8 Å². The predicted octanol–water partition coefficient (Wildman–Crippen LogP) is -1.49. The Morgan fingerprint density at radius 3 is 2.45 bits per heavy atom. The van der Waals surface area contributed by atoms with Gasteiger partial charge in [0, 0.05) is 5.75 Å². The molecule has 0 spiro atoms. The van der Waals surface area contributed by atoms with Crippen molar-refractivity contribution in [1.29, 1.82) is 0 Å². The second-order valence-corrected chi connectivity index (χ2v) is 2.21. The quantitative estimate of drug-likeness (QED) is 0.368. The van der Waals surface area contributed by atoms with Gasteiger partial charge >= 0.3 is 29.6 Å². The van der Waals surface area contributed by atoms with Gasteiger partial charge in [-0.1, -0.05) is 26.2 Å². The zero-order valence-electron chi connectivity index (χ0n) is 7.43. The van der Waals surface area contributed by atoms with Gasteiger partial charge < -0.3 is 9.72 Å². The van der Waals surface area contributed by atoms with E-state index in [-0.39, 0.29) is 29.6 Å². The number of rotatable bonds is 1. The first-order chi connectivity index (χ1) is 4.75. The van der Waals surface area contributed by atoms with Gasteiger partial charge in [0.25, 0.3) is 0 Å². The Morgan fingerprint density at radius 1 is 1.45 bits per heavy atom. The Hall–Kier alpha value is -0.0500. The first-order valence-corrected chi connectivity index (χ1v) is 3.13. The fourth-order valence-corrected chi connectivity index (χ4v) is 0.945. The summed E-state index contributed by atoms with van der Waals surface area (Å²) < 4.78 is 5.10. The van der Waals surface area contributed by atoms with Gasteiger partial charge in [0.05, 0.1) is 7.11 Å². The van der Waals surface area contributed by atoms with Crippen molar-refractivity contribution >= 4 is 0 Å². The maximum absolute atomic E-state index is 5.10. The molecule has 0 aliphatic rings. The van der Waals surface area contributed by atoms with Crippen molar-refractivity contribution in [3.05, 3.63) is 23.5 Å². The zero-order chi connectivity index (χ0) is 7.56. The van der Waals surface area contributed by atoms with E-state index in [0.717, 1.165) is 16.9 Å². The minimum Gasteiger partial charge on any atom is -0.554 e. The molecule has 2 nitrogen and oxygen atoms in total. The second-order valence-electron chi connectivity index (χ2n) is 2.21. The standard InChI is InChI=1S/C8H10NO.Na/c1-6-4-9-5-7(2)8(6)10-3;/h4H,1-3H3;/q-1;+1. The van der Waals surface area contributed by atoms with Crippen LogP contribution in [0, 0.1) is 20.0 Å². The minimum atomic E-state index is 0. The van der Waals surface area contributed by atoms with Crippen molar-refractivity contribution in [3.8, 4) is 5.75 Å². The summed E-state index contributed by atoms with van der Waals surface area (Å²) in [5, 5.41) is 0. The van der Waals surface area contributed by atoms with Crippen LogP contribution in [0.1, 0.15) is 11.1 Å². The van der Waals surface area contributed by atoms with Crippen LogP contribution in [-0.2, 0) is 0 Å². The first-order valence-electron chi connectivity index (χ1n) is 3.13. The van der Waals surface area contributed by atoms with Gasteiger partial charge in [0.1, 0.15) is 0 Å². The van der Waals surface area contributed by atoms with Gasteiger partial charge in [-0.3, -0.25) is 0 Å². The molecule has 3 heteroatoms. The number of ether oxygens (including phenoxy) is 1. The van der Waals surface area contributed by atoms with Crippen molar-refractivity contribution in [2.75, 3.05) is 7.11 Å². The van der Waals surface area contributed by atoms with Gasteiger partial charge in [-0.15, -0.1) is 11.1 Å². The van der Waals surface area contributed by atoms with Crippen LogP contribution in [0.4, 0.5) is 0 Å². The molecule has 0 aliphatic carbocycles. The summed E-state index contributed by atoms with van der Waals surface area (Å²) in [5.74, 6) is 0.884. The molecule has 0 saturated carbocycles. The molecule has 1 aromatic rings. The molecular formula is C8H10NNaO. The third-order valence-electron chi connectivity index (χ3n) is 1.39. The molecule has 0 radical (unpaired) electrons. The maximum atomic E-state index is 5.10. The molecule has 1 aromatic heterocycles. The Morgan fingerprint density at radius 2 is 2.09 bits per heavy atom. The Labute approximate surface area is 89.3 Å². The van der Waals surface area contributed by atoms with E-state index in [0.29, 0.717) is 0 Å². The van der Waals surface area contributed by atoms with Crippen LogP contribution in [0.2, 0.25) is 0 Å². The Balaban J connectivity index is 0.000001000. The van der Waals surface area contributed by atoms with E-state index >= 15 is 0 Å². The Kier molecular flexibility index (Phi) is 4.73. The molecule has 0 amide bonds. The van der Waals surface area contributed by atoms with Crippen molar-refractivity contribution in [1.82, 2.24) is 4.98 Å². The first kappa shape index (κ1) is 11.0. The molecule has 0 aromatic carbocycles. The van der Waals surface area contributed by atoms with Crippen LogP contribution >= 0.6 is 0 Å². The molecule has 11 heavy (non-hydrogen) atoms. The summed E-state index contributed by atoms with van der Waals surface area (Å²) >= 11 is 0. The van der Waals surface area contributed by atoms with E-state index in [1.165, 1.54) is 0 Å². The van der Waals surface area contributed by atoms with E-state index in [2.05, 4.69) is 11.2 Å². The van der Waals surface area contributed by atoms with Crippen LogP contribution in [0.3, 0.4) is 0 Å². The molecular weight excluding hydrogens is 149 g/mol. The molecule has 1 heterocycles. The van der Waals surface area contributed by atoms with Crippen LogP contribution in [-0.4, -0.2) is 12.1 Å². The average Bonchev–Trinajstić information content (AvgIpc) is 1.88. The van der Waals surface area contributed by atoms with Crippen molar-refractivity contribution < 1.29 is 34.3 Å². The molecule has 0 saturated heterocycles. The van der Waals surface area contributed by atoms with E-state index in [9.17, 15) is 0 Å². The minimum absolute atomic E-state index is 0. The molecule has 0 N–H and O–H groups in total. The normalized spacial score (nSPS) is 8.64.